The summed E-state index contributed by atoms with van der Waals surface area (Å²) >= 11 is 3.56. The molecule has 1 fully saturated rings. The summed E-state index contributed by atoms with van der Waals surface area (Å²) in [5.74, 6) is 2.20. The summed E-state index contributed by atoms with van der Waals surface area (Å²) in [5, 5.41) is 3.55. The lowest BCUT2D eigenvalue weighted by molar-refractivity contribution is 0.181. The van der Waals surface area contributed by atoms with Gasteiger partial charge in [0.05, 0.1) is 6.61 Å². The molecule has 0 radical (unpaired) electrons. The van der Waals surface area contributed by atoms with Crippen LogP contribution in [0.25, 0.3) is 0 Å². The molecule has 1 aliphatic rings. The van der Waals surface area contributed by atoms with Gasteiger partial charge in [-0.25, -0.2) is 0 Å². The molecule has 0 aromatic heterocycles. The van der Waals surface area contributed by atoms with Gasteiger partial charge in [-0.1, -0.05) is 41.4 Å². The predicted octanol–water partition coefficient (Wildman–Crippen LogP) is 4.18. The third kappa shape index (κ3) is 7.83. The normalized spacial score (nSPS) is 18.6. The lowest BCUT2D eigenvalue weighted by Crippen LogP contribution is -2.43. The number of rotatable bonds is 7. The van der Waals surface area contributed by atoms with Crippen LogP contribution < -0.4 is 5.32 Å². The third-order valence-corrected chi connectivity index (χ3v) is 5.16. The standard InChI is InChI=1S/C19H30BrN3O.HI/c1-4-15(10-16-6-5-7-18(20)11-16)12-22-19(21-2)23(3)13-17-8-9-24-14-17;/h5-7,11,15,17H,4,8-10,12-14H2,1-3H3,(H,21,22);1H. The van der Waals surface area contributed by atoms with Crippen molar-refractivity contribution in [3.63, 3.8) is 0 Å². The van der Waals surface area contributed by atoms with Gasteiger partial charge in [-0.2, -0.15) is 0 Å². The quantitative estimate of drug-likeness (QED) is 0.331. The molecule has 0 amide bonds. The van der Waals surface area contributed by atoms with Crippen LogP contribution in [0.4, 0.5) is 0 Å². The van der Waals surface area contributed by atoms with E-state index in [-0.39, 0.29) is 24.0 Å². The van der Waals surface area contributed by atoms with E-state index in [0.29, 0.717) is 11.8 Å². The van der Waals surface area contributed by atoms with Crippen molar-refractivity contribution in [1.82, 2.24) is 10.2 Å². The Morgan fingerprint density at radius 1 is 1.48 bits per heavy atom. The molecule has 0 aliphatic carbocycles. The Bertz CT molecular complexity index is 535. The molecule has 142 valence electrons. The Kier molecular flexibility index (Phi) is 11.0. The topological polar surface area (TPSA) is 36.9 Å². The van der Waals surface area contributed by atoms with E-state index >= 15 is 0 Å². The van der Waals surface area contributed by atoms with E-state index in [9.17, 15) is 0 Å². The highest BCUT2D eigenvalue weighted by molar-refractivity contribution is 14.0. The molecule has 1 heterocycles. The molecule has 25 heavy (non-hydrogen) atoms. The number of hydrogen-bond donors (Lipinski definition) is 1. The van der Waals surface area contributed by atoms with Crippen molar-refractivity contribution in [3.05, 3.63) is 34.3 Å². The fraction of sp³-hybridized carbons (Fsp3) is 0.632. The van der Waals surface area contributed by atoms with Gasteiger partial charge in [0, 0.05) is 44.2 Å². The van der Waals surface area contributed by atoms with Gasteiger partial charge in [0.15, 0.2) is 5.96 Å². The molecule has 1 N–H and O–H groups in total. The molecule has 1 saturated heterocycles. The van der Waals surface area contributed by atoms with Crippen LogP contribution in [0.2, 0.25) is 0 Å². The van der Waals surface area contributed by atoms with Crippen LogP contribution in [-0.4, -0.2) is 51.3 Å². The second-order valence-corrected chi connectivity index (χ2v) is 7.56. The summed E-state index contributed by atoms with van der Waals surface area (Å²) < 4.78 is 6.62. The van der Waals surface area contributed by atoms with Gasteiger partial charge >= 0.3 is 0 Å². The first-order chi connectivity index (χ1) is 11.6. The predicted molar refractivity (Wildman–Crippen MR) is 120 cm³/mol. The van der Waals surface area contributed by atoms with Crippen molar-refractivity contribution >= 4 is 45.9 Å². The molecule has 0 spiro atoms. The minimum atomic E-state index is 0. The first-order valence-electron chi connectivity index (χ1n) is 8.86. The summed E-state index contributed by atoms with van der Waals surface area (Å²) in [6.07, 6.45) is 3.39. The Morgan fingerprint density at radius 3 is 2.88 bits per heavy atom. The Morgan fingerprint density at radius 2 is 2.28 bits per heavy atom. The minimum absolute atomic E-state index is 0. The summed E-state index contributed by atoms with van der Waals surface area (Å²) in [4.78, 5) is 6.67. The highest BCUT2D eigenvalue weighted by Gasteiger charge is 2.19. The molecular formula is C19H31BrIN3O. The smallest absolute Gasteiger partial charge is 0.193 e. The van der Waals surface area contributed by atoms with E-state index in [4.69, 9.17) is 4.74 Å². The van der Waals surface area contributed by atoms with Crippen LogP contribution in [0.15, 0.2) is 33.7 Å². The zero-order chi connectivity index (χ0) is 17.4. The number of nitrogens with one attached hydrogen (secondary N) is 1. The maximum atomic E-state index is 5.47. The van der Waals surface area contributed by atoms with Gasteiger partial charge in [0.1, 0.15) is 0 Å². The summed E-state index contributed by atoms with van der Waals surface area (Å²) in [6, 6.07) is 8.60. The van der Waals surface area contributed by atoms with Gasteiger partial charge < -0.3 is 15.0 Å². The number of nitrogens with zero attached hydrogens (tertiary/aromatic N) is 2. The van der Waals surface area contributed by atoms with Gasteiger partial charge in [-0.3, -0.25) is 4.99 Å². The molecule has 4 nitrogen and oxygen atoms in total. The van der Waals surface area contributed by atoms with Crippen molar-refractivity contribution in [1.29, 1.82) is 0 Å². The number of hydrogen-bond acceptors (Lipinski definition) is 2. The van der Waals surface area contributed by atoms with Gasteiger partial charge in [-0.15, -0.1) is 24.0 Å². The maximum Gasteiger partial charge on any atom is 0.193 e. The number of benzene rings is 1. The van der Waals surface area contributed by atoms with E-state index in [1.807, 2.05) is 7.05 Å². The van der Waals surface area contributed by atoms with Crippen molar-refractivity contribution < 1.29 is 4.74 Å². The zero-order valence-electron chi connectivity index (χ0n) is 15.5. The Balaban J connectivity index is 0.00000312. The molecule has 1 aliphatic heterocycles. The highest BCUT2D eigenvalue weighted by atomic mass is 127. The molecule has 1 aromatic rings. The largest absolute Gasteiger partial charge is 0.381 e. The monoisotopic (exact) mass is 523 g/mol. The fourth-order valence-corrected chi connectivity index (χ4v) is 3.63. The average Bonchev–Trinajstić information content (AvgIpc) is 3.07. The van der Waals surface area contributed by atoms with E-state index in [1.165, 1.54) is 5.56 Å². The number of ether oxygens (including phenoxy) is 1. The van der Waals surface area contributed by atoms with Gasteiger partial charge in [0.2, 0.25) is 0 Å². The lowest BCUT2D eigenvalue weighted by Gasteiger charge is -2.26. The van der Waals surface area contributed by atoms with E-state index in [2.05, 4.69) is 69.4 Å². The van der Waals surface area contributed by atoms with Crippen LogP contribution in [0.3, 0.4) is 0 Å². The second-order valence-electron chi connectivity index (χ2n) is 6.65. The van der Waals surface area contributed by atoms with Gasteiger partial charge in [0.25, 0.3) is 0 Å². The molecule has 1 aromatic carbocycles. The molecule has 6 heteroatoms. The average molecular weight is 524 g/mol. The van der Waals surface area contributed by atoms with Gasteiger partial charge in [-0.05, 0) is 36.5 Å². The first kappa shape index (κ1) is 22.7. The Hall–Kier alpha value is -0.340. The molecule has 2 unspecified atom stereocenters. The van der Waals surface area contributed by atoms with Crippen molar-refractivity contribution in [2.24, 2.45) is 16.8 Å². The molecule has 0 bridgehead atoms. The second kappa shape index (κ2) is 12.1. The third-order valence-electron chi connectivity index (χ3n) is 4.67. The number of halogens is 2. The molecule has 0 saturated carbocycles. The summed E-state index contributed by atoms with van der Waals surface area (Å²) in [7, 11) is 3.97. The SMILES string of the molecule is CCC(CNC(=NC)N(C)CC1CCOC1)Cc1cccc(Br)c1.I. The van der Waals surface area contributed by atoms with Crippen molar-refractivity contribution in [2.45, 2.75) is 26.2 Å². The molecular weight excluding hydrogens is 493 g/mol. The van der Waals surface area contributed by atoms with Crippen LogP contribution in [0.1, 0.15) is 25.3 Å². The number of aliphatic imine (C=N–C) groups is 1. The van der Waals surface area contributed by atoms with Crippen molar-refractivity contribution in [2.75, 3.05) is 40.4 Å². The molecule has 2 rings (SSSR count). The van der Waals surface area contributed by atoms with Crippen LogP contribution in [0, 0.1) is 11.8 Å². The van der Waals surface area contributed by atoms with E-state index in [1.54, 1.807) is 0 Å². The summed E-state index contributed by atoms with van der Waals surface area (Å²) in [5.41, 5.74) is 1.38. The fourth-order valence-electron chi connectivity index (χ4n) is 3.18. The van der Waals surface area contributed by atoms with Crippen LogP contribution >= 0.6 is 39.9 Å². The summed E-state index contributed by atoms with van der Waals surface area (Å²) in [6.45, 7) is 5.98. The first-order valence-corrected chi connectivity index (χ1v) is 9.65. The molecule has 2 atom stereocenters. The van der Waals surface area contributed by atoms with E-state index in [0.717, 1.165) is 56.0 Å². The zero-order valence-corrected chi connectivity index (χ0v) is 19.4. The number of guanidine groups is 1. The minimum Gasteiger partial charge on any atom is -0.381 e. The van der Waals surface area contributed by atoms with E-state index < -0.39 is 0 Å². The van der Waals surface area contributed by atoms with Crippen molar-refractivity contribution in [3.8, 4) is 0 Å². The lowest BCUT2D eigenvalue weighted by atomic mass is 9.97. The van der Waals surface area contributed by atoms with Crippen LogP contribution in [-0.2, 0) is 11.2 Å². The highest BCUT2D eigenvalue weighted by Crippen LogP contribution is 2.17. The Labute approximate surface area is 177 Å². The van der Waals surface area contributed by atoms with Crippen LogP contribution in [0.5, 0.6) is 0 Å². The maximum absolute atomic E-state index is 5.47.